The highest BCUT2D eigenvalue weighted by Crippen LogP contribution is 2.16. The number of nitrogens with two attached hydrogens (primary N) is 1. The van der Waals surface area contributed by atoms with Crippen LogP contribution in [0.1, 0.15) is 27.7 Å². The predicted molar refractivity (Wildman–Crippen MR) is 73.8 cm³/mol. The lowest BCUT2D eigenvalue weighted by Gasteiger charge is -2.32. The molecule has 0 aromatic carbocycles. The number of carbonyl (C=O) groups excluding carboxylic acids is 1. The third-order valence-corrected chi connectivity index (χ3v) is 3.06. The second-order valence-electron chi connectivity index (χ2n) is 4.55. The number of thiocarbonyl (C=S) groups is 1. The van der Waals surface area contributed by atoms with Crippen LogP contribution in [0.2, 0.25) is 0 Å². The van der Waals surface area contributed by atoms with Crippen molar-refractivity contribution in [1.82, 2.24) is 4.90 Å². The molecule has 0 radical (unpaired) electrons. The van der Waals surface area contributed by atoms with Crippen molar-refractivity contribution in [2.75, 3.05) is 20.3 Å². The largest absolute Gasteiger partial charge is 0.393 e. The Morgan fingerprint density at radius 2 is 1.94 bits per heavy atom. The lowest BCUT2D eigenvalue weighted by molar-refractivity contribution is -0.137. The van der Waals surface area contributed by atoms with Crippen LogP contribution in [0.5, 0.6) is 0 Å². The Bertz CT molecular complexity index is 269. The van der Waals surface area contributed by atoms with Crippen molar-refractivity contribution in [1.29, 1.82) is 0 Å². The van der Waals surface area contributed by atoms with Gasteiger partial charge in [0.1, 0.15) is 0 Å². The molecule has 1 amide bonds. The zero-order valence-corrected chi connectivity index (χ0v) is 12.2. The van der Waals surface area contributed by atoms with Gasteiger partial charge in [0.05, 0.1) is 23.6 Å². The maximum absolute atomic E-state index is 12.4. The first-order chi connectivity index (χ1) is 7.86. The minimum atomic E-state index is -0.385. The minimum Gasteiger partial charge on any atom is -0.393 e. The van der Waals surface area contributed by atoms with Gasteiger partial charge in [0.15, 0.2) is 0 Å². The summed E-state index contributed by atoms with van der Waals surface area (Å²) < 4.78 is 5.08. The summed E-state index contributed by atoms with van der Waals surface area (Å²) in [7, 11) is 1.63. The van der Waals surface area contributed by atoms with Gasteiger partial charge >= 0.3 is 0 Å². The van der Waals surface area contributed by atoms with Gasteiger partial charge in [0, 0.05) is 13.7 Å². The van der Waals surface area contributed by atoms with Crippen LogP contribution in [0.4, 0.5) is 0 Å². The Morgan fingerprint density at radius 1 is 1.41 bits per heavy atom. The molecule has 17 heavy (non-hydrogen) atoms. The molecule has 0 saturated carbocycles. The van der Waals surface area contributed by atoms with Crippen LogP contribution in [0.3, 0.4) is 0 Å². The summed E-state index contributed by atoms with van der Waals surface area (Å²) in [5.41, 5.74) is 5.66. The highest BCUT2D eigenvalue weighted by molar-refractivity contribution is 7.80. The molecule has 0 fully saturated rings. The second kappa shape index (κ2) is 7.61. The number of rotatable bonds is 7. The van der Waals surface area contributed by atoms with Crippen molar-refractivity contribution in [2.45, 2.75) is 33.7 Å². The number of ether oxygens (including phenoxy) is 1. The summed E-state index contributed by atoms with van der Waals surface area (Å²) in [4.78, 5) is 14.4. The molecule has 0 saturated heterocycles. The SMILES string of the molecule is CCN(C(=O)C(C(N)=S)C(C)C)C(C)COC. The van der Waals surface area contributed by atoms with Crippen LogP contribution in [0.25, 0.3) is 0 Å². The molecule has 0 aliphatic heterocycles. The molecule has 2 N–H and O–H groups in total. The number of hydrogen-bond acceptors (Lipinski definition) is 3. The van der Waals surface area contributed by atoms with Crippen LogP contribution in [-0.2, 0) is 9.53 Å². The number of carbonyl (C=O) groups is 1. The first kappa shape index (κ1) is 16.3. The molecule has 0 aromatic rings. The van der Waals surface area contributed by atoms with Gasteiger partial charge in [-0.05, 0) is 19.8 Å². The standard InChI is InChI=1S/C12H24N2O2S/c1-6-14(9(4)7-16-5)12(15)10(8(2)3)11(13)17/h8-10H,6-7H2,1-5H3,(H2,13,17). The van der Waals surface area contributed by atoms with E-state index in [1.807, 2.05) is 27.7 Å². The van der Waals surface area contributed by atoms with Gasteiger partial charge in [-0.25, -0.2) is 0 Å². The third-order valence-electron chi connectivity index (χ3n) is 2.80. The van der Waals surface area contributed by atoms with Gasteiger partial charge in [0.25, 0.3) is 0 Å². The third kappa shape index (κ3) is 4.60. The lowest BCUT2D eigenvalue weighted by Crippen LogP contribution is -2.48. The van der Waals surface area contributed by atoms with E-state index in [0.717, 1.165) is 0 Å². The summed E-state index contributed by atoms with van der Waals surface area (Å²) in [6, 6.07) is 0.0353. The molecule has 0 aromatic heterocycles. The molecule has 5 heteroatoms. The number of nitrogens with zero attached hydrogens (tertiary/aromatic N) is 1. The maximum atomic E-state index is 12.4. The molecular weight excluding hydrogens is 236 g/mol. The molecule has 0 rings (SSSR count). The average Bonchev–Trinajstić information content (AvgIpc) is 2.17. The molecular formula is C12H24N2O2S. The molecule has 0 bridgehead atoms. The van der Waals surface area contributed by atoms with E-state index in [9.17, 15) is 4.79 Å². The Kier molecular flexibility index (Phi) is 7.30. The van der Waals surface area contributed by atoms with Crippen LogP contribution in [-0.4, -0.2) is 42.1 Å². The van der Waals surface area contributed by atoms with E-state index in [2.05, 4.69) is 0 Å². The first-order valence-electron chi connectivity index (χ1n) is 5.95. The fourth-order valence-corrected chi connectivity index (χ4v) is 2.30. The minimum absolute atomic E-state index is 0.000417. The molecule has 2 atom stereocenters. The van der Waals surface area contributed by atoms with Crippen LogP contribution in [0, 0.1) is 11.8 Å². The van der Waals surface area contributed by atoms with E-state index in [1.165, 1.54) is 0 Å². The highest BCUT2D eigenvalue weighted by Gasteiger charge is 2.30. The summed E-state index contributed by atoms with van der Waals surface area (Å²) in [6.07, 6.45) is 0. The molecule has 0 heterocycles. The van der Waals surface area contributed by atoms with E-state index in [-0.39, 0.29) is 28.8 Å². The average molecular weight is 260 g/mol. The number of hydrogen-bond donors (Lipinski definition) is 1. The molecule has 100 valence electrons. The molecule has 0 spiro atoms. The van der Waals surface area contributed by atoms with Gasteiger partial charge in [-0.2, -0.15) is 0 Å². The monoisotopic (exact) mass is 260 g/mol. The second-order valence-corrected chi connectivity index (χ2v) is 5.02. The summed E-state index contributed by atoms with van der Waals surface area (Å²) >= 11 is 4.99. The van der Waals surface area contributed by atoms with E-state index in [4.69, 9.17) is 22.7 Å². The number of amides is 1. The Labute approximate surface area is 109 Å². The van der Waals surface area contributed by atoms with E-state index in [0.29, 0.717) is 13.2 Å². The van der Waals surface area contributed by atoms with Gasteiger partial charge < -0.3 is 15.4 Å². The molecule has 0 aliphatic carbocycles. The fourth-order valence-electron chi connectivity index (χ4n) is 1.93. The van der Waals surface area contributed by atoms with Crippen molar-refractivity contribution < 1.29 is 9.53 Å². The normalized spacial score (nSPS) is 14.5. The van der Waals surface area contributed by atoms with Crippen LogP contribution >= 0.6 is 12.2 Å². The maximum Gasteiger partial charge on any atom is 0.233 e. The van der Waals surface area contributed by atoms with Gasteiger partial charge in [-0.15, -0.1) is 0 Å². The number of methoxy groups -OCH3 is 1. The van der Waals surface area contributed by atoms with E-state index in [1.54, 1.807) is 12.0 Å². The van der Waals surface area contributed by atoms with Crippen LogP contribution < -0.4 is 5.73 Å². The number of likely N-dealkylation sites (N-methyl/N-ethyl adjacent to an activating group) is 1. The molecule has 4 nitrogen and oxygen atoms in total. The fraction of sp³-hybridized carbons (Fsp3) is 0.833. The van der Waals surface area contributed by atoms with Gasteiger partial charge in [-0.3, -0.25) is 4.79 Å². The summed E-state index contributed by atoms with van der Waals surface area (Å²) in [6.45, 7) is 8.97. The predicted octanol–water partition coefficient (Wildman–Crippen LogP) is 1.43. The lowest BCUT2D eigenvalue weighted by atomic mass is 9.94. The zero-order valence-electron chi connectivity index (χ0n) is 11.4. The van der Waals surface area contributed by atoms with Crippen LogP contribution in [0.15, 0.2) is 0 Å². The zero-order chi connectivity index (χ0) is 13.6. The van der Waals surface area contributed by atoms with Crippen molar-refractivity contribution in [2.24, 2.45) is 17.6 Å². The first-order valence-corrected chi connectivity index (χ1v) is 6.36. The van der Waals surface area contributed by atoms with Crippen molar-refractivity contribution in [3.05, 3.63) is 0 Å². The van der Waals surface area contributed by atoms with Crippen molar-refractivity contribution >= 4 is 23.1 Å². The van der Waals surface area contributed by atoms with Crippen molar-refractivity contribution in [3.8, 4) is 0 Å². The van der Waals surface area contributed by atoms with Crippen molar-refractivity contribution in [3.63, 3.8) is 0 Å². The smallest absolute Gasteiger partial charge is 0.233 e. The Morgan fingerprint density at radius 3 is 2.24 bits per heavy atom. The van der Waals surface area contributed by atoms with E-state index < -0.39 is 0 Å². The van der Waals surface area contributed by atoms with E-state index >= 15 is 0 Å². The quantitative estimate of drug-likeness (QED) is 0.704. The Hall–Kier alpha value is -0.680. The molecule has 2 unspecified atom stereocenters. The van der Waals surface area contributed by atoms with Gasteiger partial charge in [-0.1, -0.05) is 26.1 Å². The highest BCUT2D eigenvalue weighted by atomic mass is 32.1. The van der Waals surface area contributed by atoms with Gasteiger partial charge in [0.2, 0.25) is 5.91 Å². The summed E-state index contributed by atoms with van der Waals surface area (Å²) in [5, 5.41) is 0. The summed E-state index contributed by atoms with van der Waals surface area (Å²) in [5.74, 6) is -0.271. The Balaban J connectivity index is 4.88. The topological polar surface area (TPSA) is 55.6 Å². The molecule has 0 aliphatic rings.